The fraction of sp³-hybridized carbons (Fsp3) is 0.556. The predicted octanol–water partition coefficient (Wildman–Crippen LogP) is 1.78. The number of hydrogen-bond acceptors (Lipinski definition) is 2. The molecule has 1 aliphatic rings. The van der Waals surface area contributed by atoms with Crippen molar-refractivity contribution in [2.24, 2.45) is 10.9 Å². The molecule has 0 saturated heterocycles. The highest BCUT2D eigenvalue weighted by molar-refractivity contribution is 5.85. The van der Waals surface area contributed by atoms with Crippen molar-refractivity contribution in [2.75, 3.05) is 26.2 Å². The molecule has 5 heteroatoms. The number of aliphatic imine (C=N–C) groups is 1. The van der Waals surface area contributed by atoms with Crippen LogP contribution in [0, 0.1) is 5.92 Å². The quantitative estimate of drug-likeness (QED) is 0.643. The van der Waals surface area contributed by atoms with E-state index in [-0.39, 0.29) is 12.5 Å². The van der Waals surface area contributed by atoms with Gasteiger partial charge in [-0.1, -0.05) is 38.1 Å². The lowest BCUT2D eigenvalue weighted by Crippen LogP contribution is -2.41. The molecule has 0 atom stereocenters. The number of rotatable bonds is 5. The van der Waals surface area contributed by atoms with Gasteiger partial charge in [0.25, 0.3) is 0 Å². The van der Waals surface area contributed by atoms with Crippen molar-refractivity contribution >= 4 is 11.9 Å². The van der Waals surface area contributed by atoms with Crippen LogP contribution in [0.5, 0.6) is 0 Å². The molecule has 1 aromatic carbocycles. The van der Waals surface area contributed by atoms with E-state index in [1.807, 2.05) is 17.9 Å². The molecule has 2 rings (SSSR count). The average Bonchev–Trinajstić information content (AvgIpc) is 2.56. The van der Waals surface area contributed by atoms with Crippen LogP contribution in [-0.2, 0) is 17.8 Å². The van der Waals surface area contributed by atoms with Gasteiger partial charge in [0.05, 0.1) is 0 Å². The lowest BCUT2D eigenvalue weighted by Gasteiger charge is -2.28. The van der Waals surface area contributed by atoms with E-state index in [1.54, 1.807) is 0 Å². The zero-order valence-electron chi connectivity index (χ0n) is 14.4. The van der Waals surface area contributed by atoms with E-state index in [9.17, 15) is 4.79 Å². The van der Waals surface area contributed by atoms with E-state index in [2.05, 4.69) is 47.7 Å². The Bertz CT molecular complexity index is 554. The van der Waals surface area contributed by atoms with E-state index < -0.39 is 0 Å². The number of benzene rings is 1. The summed E-state index contributed by atoms with van der Waals surface area (Å²) in [5, 5.41) is 6.44. The molecule has 0 bridgehead atoms. The maximum Gasteiger partial charge on any atom is 0.244 e. The molecular weight excluding hydrogens is 288 g/mol. The van der Waals surface area contributed by atoms with Gasteiger partial charge in [-0.05, 0) is 30.4 Å². The van der Waals surface area contributed by atoms with E-state index in [0.29, 0.717) is 18.4 Å². The number of carbonyl (C=O) groups is 1. The van der Waals surface area contributed by atoms with Crippen LogP contribution in [0.4, 0.5) is 0 Å². The first-order valence-corrected chi connectivity index (χ1v) is 8.47. The van der Waals surface area contributed by atoms with Crippen LogP contribution in [0.25, 0.3) is 0 Å². The van der Waals surface area contributed by atoms with Crippen LogP contribution in [-0.4, -0.2) is 42.9 Å². The second-order valence-electron chi connectivity index (χ2n) is 6.30. The summed E-state index contributed by atoms with van der Waals surface area (Å²) in [4.78, 5) is 18.7. The summed E-state index contributed by atoms with van der Waals surface area (Å²) in [5.74, 6) is 1.33. The Morgan fingerprint density at radius 1 is 1.26 bits per heavy atom. The molecule has 1 heterocycles. The highest BCUT2D eigenvalue weighted by Crippen LogP contribution is 2.18. The number of carbonyl (C=O) groups excluding carboxylic acids is 1. The Morgan fingerprint density at radius 2 is 2.00 bits per heavy atom. The molecule has 23 heavy (non-hydrogen) atoms. The first-order valence-electron chi connectivity index (χ1n) is 8.47. The molecule has 1 aliphatic heterocycles. The molecule has 0 aromatic heterocycles. The second-order valence-corrected chi connectivity index (χ2v) is 6.30. The summed E-state index contributed by atoms with van der Waals surface area (Å²) in [7, 11) is 0. The van der Waals surface area contributed by atoms with Gasteiger partial charge in [-0.3, -0.25) is 4.79 Å². The monoisotopic (exact) mass is 316 g/mol. The van der Waals surface area contributed by atoms with Crippen LogP contribution < -0.4 is 10.6 Å². The fourth-order valence-corrected chi connectivity index (χ4v) is 2.60. The molecular formula is C18H28N4O. The average molecular weight is 316 g/mol. The molecule has 0 spiro atoms. The van der Waals surface area contributed by atoms with E-state index in [1.165, 1.54) is 11.1 Å². The Balaban J connectivity index is 1.91. The van der Waals surface area contributed by atoms with Crippen molar-refractivity contribution in [3.05, 3.63) is 35.4 Å². The normalized spacial score (nSPS) is 14.6. The first-order chi connectivity index (χ1) is 11.1. The van der Waals surface area contributed by atoms with Gasteiger partial charge in [0.1, 0.15) is 6.54 Å². The lowest BCUT2D eigenvalue weighted by molar-refractivity contribution is -0.130. The van der Waals surface area contributed by atoms with E-state index in [4.69, 9.17) is 0 Å². The van der Waals surface area contributed by atoms with E-state index in [0.717, 1.165) is 26.1 Å². The molecule has 2 N–H and O–H groups in total. The van der Waals surface area contributed by atoms with Gasteiger partial charge >= 0.3 is 0 Å². The molecule has 1 aromatic rings. The smallest absolute Gasteiger partial charge is 0.244 e. The third kappa shape index (κ3) is 5.27. The summed E-state index contributed by atoms with van der Waals surface area (Å²) in [6.45, 7) is 9.61. The lowest BCUT2D eigenvalue weighted by atomic mass is 10.00. The number of amides is 1. The second kappa shape index (κ2) is 8.56. The molecule has 0 radical (unpaired) electrons. The summed E-state index contributed by atoms with van der Waals surface area (Å²) in [5.41, 5.74) is 2.60. The van der Waals surface area contributed by atoms with E-state index >= 15 is 0 Å². The number of nitrogens with one attached hydrogen (secondary N) is 2. The maximum absolute atomic E-state index is 12.4. The third-order valence-corrected chi connectivity index (χ3v) is 3.88. The number of hydrogen-bond donors (Lipinski definition) is 2. The first kappa shape index (κ1) is 17.3. The molecule has 0 unspecified atom stereocenters. The number of nitrogens with zero attached hydrogens (tertiary/aromatic N) is 2. The van der Waals surface area contributed by atoms with Gasteiger partial charge in [-0.15, -0.1) is 0 Å². The summed E-state index contributed by atoms with van der Waals surface area (Å²) < 4.78 is 0. The zero-order valence-corrected chi connectivity index (χ0v) is 14.4. The summed E-state index contributed by atoms with van der Waals surface area (Å²) in [6.07, 6.45) is 0.928. The summed E-state index contributed by atoms with van der Waals surface area (Å²) in [6, 6.07) is 8.34. The van der Waals surface area contributed by atoms with Gasteiger partial charge in [0.15, 0.2) is 5.96 Å². The SMILES string of the molecule is CCNC(=NCC(=O)N1CCc2ccccc2C1)NCC(C)C. The fourth-order valence-electron chi connectivity index (χ4n) is 2.60. The van der Waals surface area contributed by atoms with Gasteiger partial charge in [-0.2, -0.15) is 0 Å². The van der Waals surface area contributed by atoms with Crippen LogP contribution in [0.15, 0.2) is 29.3 Å². The maximum atomic E-state index is 12.4. The van der Waals surface area contributed by atoms with Gasteiger partial charge in [0, 0.05) is 26.2 Å². The van der Waals surface area contributed by atoms with Crippen LogP contribution >= 0.6 is 0 Å². The Labute approximate surface area is 139 Å². The number of fused-ring (bicyclic) bond motifs is 1. The predicted molar refractivity (Wildman–Crippen MR) is 94.4 cm³/mol. The minimum Gasteiger partial charge on any atom is -0.357 e. The highest BCUT2D eigenvalue weighted by Gasteiger charge is 2.19. The van der Waals surface area contributed by atoms with Gasteiger partial charge in [0.2, 0.25) is 5.91 Å². The Hall–Kier alpha value is -2.04. The molecule has 1 amide bonds. The van der Waals surface area contributed by atoms with Crippen molar-refractivity contribution in [3.8, 4) is 0 Å². The van der Waals surface area contributed by atoms with Crippen LogP contribution in [0.2, 0.25) is 0 Å². The Kier molecular flexibility index (Phi) is 6.44. The van der Waals surface area contributed by atoms with Crippen LogP contribution in [0.3, 0.4) is 0 Å². The van der Waals surface area contributed by atoms with Gasteiger partial charge in [-0.25, -0.2) is 4.99 Å². The third-order valence-electron chi connectivity index (χ3n) is 3.88. The molecule has 5 nitrogen and oxygen atoms in total. The minimum atomic E-state index is 0.0845. The largest absolute Gasteiger partial charge is 0.357 e. The minimum absolute atomic E-state index is 0.0845. The summed E-state index contributed by atoms with van der Waals surface area (Å²) >= 11 is 0. The van der Waals surface area contributed by atoms with Crippen molar-refractivity contribution in [3.63, 3.8) is 0 Å². The van der Waals surface area contributed by atoms with Crippen molar-refractivity contribution < 1.29 is 4.79 Å². The molecule has 0 saturated carbocycles. The Morgan fingerprint density at radius 3 is 2.70 bits per heavy atom. The number of guanidine groups is 1. The van der Waals surface area contributed by atoms with Crippen molar-refractivity contribution in [1.82, 2.24) is 15.5 Å². The highest BCUT2D eigenvalue weighted by atomic mass is 16.2. The van der Waals surface area contributed by atoms with Crippen molar-refractivity contribution in [2.45, 2.75) is 33.7 Å². The standard InChI is InChI=1S/C18H28N4O/c1-4-19-18(20-11-14(2)3)21-12-17(23)22-10-9-15-7-5-6-8-16(15)13-22/h5-8,14H,4,9-13H2,1-3H3,(H2,19,20,21). The zero-order chi connectivity index (χ0) is 16.7. The van der Waals surface area contributed by atoms with Crippen LogP contribution in [0.1, 0.15) is 31.9 Å². The topological polar surface area (TPSA) is 56.7 Å². The molecule has 0 aliphatic carbocycles. The molecule has 0 fully saturated rings. The van der Waals surface area contributed by atoms with Crippen molar-refractivity contribution in [1.29, 1.82) is 0 Å². The molecule has 126 valence electrons. The van der Waals surface area contributed by atoms with Gasteiger partial charge < -0.3 is 15.5 Å².